The third kappa shape index (κ3) is 4.36. The van der Waals surface area contributed by atoms with Crippen LogP contribution in [0.1, 0.15) is 42.9 Å². The molecule has 124 valence electrons. The van der Waals surface area contributed by atoms with Crippen molar-refractivity contribution in [2.24, 2.45) is 0 Å². The molecule has 0 aliphatic rings. The second-order valence-electron chi connectivity index (χ2n) is 6.08. The van der Waals surface area contributed by atoms with Gasteiger partial charge in [-0.1, -0.05) is 44.2 Å². The molecular weight excluding hydrogens is 298 g/mol. The highest BCUT2D eigenvalue weighted by molar-refractivity contribution is 5.92. The fourth-order valence-corrected chi connectivity index (χ4v) is 2.62. The molecule has 0 saturated heterocycles. The van der Waals surface area contributed by atoms with Crippen LogP contribution in [0.5, 0.6) is 0 Å². The van der Waals surface area contributed by atoms with Crippen molar-refractivity contribution in [2.75, 3.05) is 17.2 Å². The maximum absolute atomic E-state index is 12.1. The molecule has 2 rings (SSSR count). The second kappa shape index (κ2) is 8.16. The van der Waals surface area contributed by atoms with E-state index in [1.54, 1.807) is 24.3 Å². The number of hydrogen-bond acceptors (Lipinski definition) is 3. The summed E-state index contributed by atoms with van der Waals surface area (Å²) in [4.78, 5) is 12.1. The van der Waals surface area contributed by atoms with Gasteiger partial charge >= 0.3 is 0 Å². The average molecular weight is 321 g/mol. The Labute approximate surface area is 143 Å². The predicted molar refractivity (Wildman–Crippen MR) is 98.2 cm³/mol. The molecule has 0 aliphatic carbocycles. The first-order chi connectivity index (χ1) is 11.5. The van der Waals surface area contributed by atoms with Gasteiger partial charge in [0.05, 0.1) is 11.3 Å². The Balaban J connectivity index is 1.95. The Bertz CT molecular complexity index is 760. The summed E-state index contributed by atoms with van der Waals surface area (Å²) in [6, 6.07) is 15.3. The van der Waals surface area contributed by atoms with Gasteiger partial charge in [0.1, 0.15) is 6.07 Å². The fraction of sp³-hybridized carbons (Fsp3) is 0.300. The molecule has 1 amide bonds. The molecule has 2 aromatic carbocycles. The molecule has 0 aromatic heterocycles. The number of nitrogens with one attached hydrogen (secondary N) is 2. The van der Waals surface area contributed by atoms with Crippen LogP contribution in [0.25, 0.3) is 0 Å². The van der Waals surface area contributed by atoms with Crippen LogP contribution in [-0.4, -0.2) is 12.5 Å². The molecule has 4 heteroatoms. The van der Waals surface area contributed by atoms with Crippen LogP contribution in [0.4, 0.5) is 11.4 Å². The number of para-hydroxylation sites is 2. The molecular formula is C20H23N3O. The number of carbonyl (C=O) groups excluding carboxylic acids is 1. The molecule has 0 unspecified atom stereocenters. The monoisotopic (exact) mass is 321 g/mol. The first-order valence-electron chi connectivity index (χ1n) is 8.15. The maximum Gasteiger partial charge on any atom is 0.226 e. The molecule has 4 nitrogen and oxygen atoms in total. The van der Waals surface area contributed by atoms with Crippen LogP contribution in [0.2, 0.25) is 0 Å². The number of benzene rings is 2. The molecule has 2 N–H and O–H groups in total. The van der Waals surface area contributed by atoms with Crippen molar-refractivity contribution < 1.29 is 4.79 Å². The van der Waals surface area contributed by atoms with Crippen molar-refractivity contribution in [1.82, 2.24) is 0 Å². The Morgan fingerprint density at radius 3 is 2.62 bits per heavy atom. The molecule has 0 saturated carbocycles. The van der Waals surface area contributed by atoms with E-state index in [-0.39, 0.29) is 5.91 Å². The van der Waals surface area contributed by atoms with Crippen molar-refractivity contribution in [2.45, 2.75) is 33.1 Å². The quantitative estimate of drug-likeness (QED) is 0.827. The smallest absolute Gasteiger partial charge is 0.226 e. The van der Waals surface area contributed by atoms with Crippen molar-refractivity contribution in [3.63, 3.8) is 0 Å². The zero-order valence-electron chi connectivity index (χ0n) is 14.4. The molecule has 2 aromatic rings. The van der Waals surface area contributed by atoms with E-state index >= 15 is 0 Å². The SMILES string of the molecule is Cc1cccc(C(C)C)c1NCCC(=O)Nc1ccccc1C#N. The molecule has 0 spiro atoms. The van der Waals surface area contributed by atoms with E-state index in [1.807, 2.05) is 0 Å². The second-order valence-corrected chi connectivity index (χ2v) is 6.08. The summed E-state index contributed by atoms with van der Waals surface area (Å²) < 4.78 is 0. The van der Waals surface area contributed by atoms with Crippen LogP contribution in [0.15, 0.2) is 42.5 Å². The highest BCUT2D eigenvalue weighted by Gasteiger charge is 2.10. The summed E-state index contributed by atoms with van der Waals surface area (Å²) in [5.41, 5.74) is 4.57. The summed E-state index contributed by atoms with van der Waals surface area (Å²) in [7, 11) is 0. The van der Waals surface area contributed by atoms with Crippen LogP contribution < -0.4 is 10.6 Å². The zero-order valence-corrected chi connectivity index (χ0v) is 14.4. The molecule has 0 radical (unpaired) electrons. The first kappa shape index (κ1) is 17.6. The Hall–Kier alpha value is -2.80. The van der Waals surface area contributed by atoms with Crippen molar-refractivity contribution in [1.29, 1.82) is 5.26 Å². The van der Waals surface area contributed by atoms with Gasteiger partial charge < -0.3 is 10.6 Å². The lowest BCUT2D eigenvalue weighted by Gasteiger charge is -2.17. The van der Waals surface area contributed by atoms with Gasteiger partial charge in [-0.25, -0.2) is 0 Å². The summed E-state index contributed by atoms with van der Waals surface area (Å²) in [6.07, 6.45) is 0.339. The minimum atomic E-state index is -0.107. The maximum atomic E-state index is 12.1. The van der Waals surface area contributed by atoms with Gasteiger partial charge in [-0.3, -0.25) is 4.79 Å². The van der Waals surface area contributed by atoms with E-state index < -0.39 is 0 Å². The summed E-state index contributed by atoms with van der Waals surface area (Å²) in [5.74, 6) is 0.314. The normalized spacial score (nSPS) is 10.3. The highest BCUT2D eigenvalue weighted by Crippen LogP contribution is 2.27. The van der Waals surface area contributed by atoms with E-state index in [0.29, 0.717) is 30.1 Å². The summed E-state index contributed by atoms with van der Waals surface area (Å²) in [6.45, 7) is 6.93. The van der Waals surface area contributed by atoms with E-state index in [0.717, 1.165) is 5.69 Å². The van der Waals surface area contributed by atoms with Crippen LogP contribution in [0.3, 0.4) is 0 Å². The first-order valence-corrected chi connectivity index (χ1v) is 8.15. The topological polar surface area (TPSA) is 64.9 Å². The lowest BCUT2D eigenvalue weighted by atomic mass is 9.98. The number of nitrogens with zero attached hydrogens (tertiary/aromatic N) is 1. The number of aryl methyl sites for hydroxylation is 1. The molecule has 0 fully saturated rings. The fourth-order valence-electron chi connectivity index (χ4n) is 2.62. The largest absolute Gasteiger partial charge is 0.384 e. The number of nitriles is 1. The van der Waals surface area contributed by atoms with Gasteiger partial charge in [0.2, 0.25) is 5.91 Å². The van der Waals surface area contributed by atoms with E-state index in [1.165, 1.54) is 11.1 Å². The number of rotatable bonds is 6. The minimum Gasteiger partial charge on any atom is -0.384 e. The Morgan fingerprint density at radius 2 is 1.92 bits per heavy atom. The number of anilines is 2. The Kier molecular flexibility index (Phi) is 5.97. The van der Waals surface area contributed by atoms with Crippen molar-refractivity contribution in [3.05, 3.63) is 59.2 Å². The number of amides is 1. The van der Waals surface area contributed by atoms with Crippen molar-refractivity contribution in [3.8, 4) is 6.07 Å². The average Bonchev–Trinajstić information content (AvgIpc) is 2.56. The molecule has 0 aliphatic heterocycles. The Morgan fingerprint density at radius 1 is 1.17 bits per heavy atom. The van der Waals surface area contributed by atoms with E-state index in [4.69, 9.17) is 5.26 Å². The van der Waals surface area contributed by atoms with Gasteiger partial charge in [0, 0.05) is 18.7 Å². The number of hydrogen-bond donors (Lipinski definition) is 2. The van der Waals surface area contributed by atoms with Gasteiger partial charge in [-0.2, -0.15) is 5.26 Å². The van der Waals surface area contributed by atoms with Gasteiger partial charge in [0.25, 0.3) is 0 Å². The molecule has 0 bridgehead atoms. The van der Waals surface area contributed by atoms with Crippen LogP contribution in [0, 0.1) is 18.3 Å². The molecule has 0 heterocycles. The molecule has 0 atom stereocenters. The van der Waals surface area contributed by atoms with Gasteiger partial charge in [0.15, 0.2) is 0 Å². The van der Waals surface area contributed by atoms with Crippen molar-refractivity contribution >= 4 is 17.3 Å². The van der Waals surface area contributed by atoms with Gasteiger partial charge in [-0.05, 0) is 36.1 Å². The number of carbonyl (C=O) groups is 1. The van der Waals surface area contributed by atoms with E-state index in [2.05, 4.69) is 55.7 Å². The van der Waals surface area contributed by atoms with E-state index in [9.17, 15) is 4.79 Å². The lowest BCUT2D eigenvalue weighted by Crippen LogP contribution is -2.17. The van der Waals surface area contributed by atoms with Crippen LogP contribution >= 0.6 is 0 Å². The zero-order chi connectivity index (χ0) is 17.5. The summed E-state index contributed by atoms with van der Waals surface area (Å²) >= 11 is 0. The third-order valence-corrected chi connectivity index (χ3v) is 3.90. The van der Waals surface area contributed by atoms with Crippen LogP contribution in [-0.2, 0) is 4.79 Å². The standard InChI is InChI=1S/C20H23N3O/c1-14(2)17-9-6-7-15(3)20(17)22-12-11-19(24)23-18-10-5-4-8-16(18)13-21/h4-10,14,22H,11-12H2,1-3H3,(H,23,24). The minimum absolute atomic E-state index is 0.107. The predicted octanol–water partition coefficient (Wildman–Crippen LogP) is 4.43. The lowest BCUT2D eigenvalue weighted by molar-refractivity contribution is -0.115. The van der Waals surface area contributed by atoms with Gasteiger partial charge in [-0.15, -0.1) is 0 Å². The molecule has 24 heavy (non-hydrogen) atoms. The third-order valence-electron chi connectivity index (χ3n) is 3.90. The summed E-state index contributed by atoms with van der Waals surface area (Å²) in [5, 5.41) is 15.2. The highest BCUT2D eigenvalue weighted by atomic mass is 16.1.